The van der Waals surface area contributed by atoms with Crippen LogP contribution in [0.25, 0.3) is 75.8 Å². The molecule has 0 spiro atoms. The minimum absolute atomic E-state index is 0.678. The summed E-state index contributed by atoms with van der Waals surface area (Å²) in [6.07, 6.45) is 0. The Hall–Kier alpha value is -9.24. The van der Waals surface area contributed by atoms with Gasteiger partial charge >= 0.3 is 0 Å². The summed E-state index contributed by atoms with van der Waals surface area (Å²) in [6.45, 7) is 0. The molecule has 0 heterocycles. The Morgan fingerprint density at radius 2 is 0.592 bits per heavy atom. The predicted molar refractivity (Wildman–Crippen MR) is 301 cm³/mol. The summed E-state index contributed by atoms with van der Waals surface area (Å²) in [5.74, 6) is 0. The van der Waals surface area contributed by atoms with Crippen molar-refractivity contribution in [3.63, 3.8) is 0 Å². The summed E-state index contributed by atoms with van der Waals surface area (Å²) in [6, 6.07) is 99.6. The van der Waals surface area contributed by atoms with Crippen LogP contribution < -0.4 is 9.80 Å². The second kappa shape index (κ2) is 15.4. The molecule has 14 aromatic carbocycles. The van der Waals surface area contributed by atoms with Crippen LogP contribution in [0.1, 0.15) is 22.3 Å². The molecule has 0 bridgehead atoms. The van der Waals surface area contributed by atoms with E-state index in [9.17, 15) is 0 Å². The first kappa shape index (κ1) is 39.7. The molecule has 0 aromatic heterocycles. The highest BCUT2D eigenvalue weighted by Crippen LogP contribution is 2.59. The van der Waals surface area contributed by atoms with Crippen molar-refractivity contribution in [1.82, 2.24) is 0 Å². The fourth-order valence-electron chi connectivity index (χ4n) is 12.6. The smallest absolute Gasteiger partial charge is 0.0715 e. The summed E-state index contributed by atoms with van der Waals surface area (Å²) in [5, 5.41) is 15.2. The van der Waals surface area contributed by atoms with Crippen molar-refractivity contribution in [2.24, 2.45) is 0 Å². The van der Waals surface area contributed by atoms with Crippen LogP contribution in [-0.2, 0) is 5.41 Å². The standard InChI is InChI=1S/C69H44N2/c1-5-23-51(24-6-1)69(52-25-7-2-8-26-52)61-43-55(70(53-27-9-3-10-28-53)63-41-49-21-13-17-45-33-35-47-19-15-31-59(63)67(47)65(45)49)37-39-57(61)58-40-38-56(44-62(58)69)71(54-29-11-4-12-30-54)64-42-50-22-14-18-46-34-36-48-20-16-32-60(64)68(48)66(46)50/h1-44H. The van der Waals surface area contributed by atoms with Crippen molar-refractivity contribution < 1.29 is 0 Å². The van der Waals surface area contributed by atoms with E-state index in [1.165, 1.54) is 98.0 Å². The molecule has 2 nitrogen and oxygen atoms in total. The summed E-state index contributed by atoms with van der Waals surface area (Å²) in [5.41, 5.74) is 13.5. The van der Waals surface area contributed by atoms with Crippen LogP contribution in [0, 0.1) is 0 Å². The predicted octanol–water partition coefficient (Wildman–Crippen LogP) is 18.8. The highest BCUT2D eigenvalue weighted by molar-refractivity contribution is 6.28. The molecule has 1 aliphatic carbocycles. The zero-order valence-electron chi connectivity index (χ0n) is 38.8. The highest BCUT2D eigenvalue weighted by Gasteiger charge is 2.47. The van der Waals surface area contributed by atoms with Gasteiger partial charge in [-0.05, 0) is 148 Å². The van der Waals surface area contributed by atoms with Crippen LogP contribution in [0.3, 0.4) is 0 Å². The molecule has 1 aliphatic rings. The Balaban J connectivity index is 1.01. The first-order chi connectivity index (χ1) is 35.2. The Labute approximate surface area is 412 Å². The van der Waals surface area contributed by atoms with Crippen LogP contribution in [0.4, 0.5) is 34.1 Å². The van der Waals surface area contributed by atoms with Crippen LogP contribution in [0.2, 0.25) is 0 Å². The van der Waals surface area contributed by atoms with Crippen LogP contribution in [0.5, 0.6) is 0 Å². The normalized spacial score (nSPS) is 12.9. The van der Waals surface area contributed by atoms with Crippen molar-refractivity contribution in [1.29, 1.82) is 0 Å². The molecule has 0 fully saturated rings. The van der Waals surface area contributed by atoms with E-state index < -0.39 is 5.41 Å². The van der Waals surface area contributed by atoms with Gasteiger partial charge in [0.1, 0.15) is 0 Å². The van der Waals surface area contributed by atoms with Crippen molar-refractivity contribution in [3.8, 4) is 11.1 Å². The van der Waals surface area contributed by atoms with E-state index in [2.05, 4.69) is 277 Å². The van der Waals surface area contributed by atoms with Crippen LogP contribution in [-0.4, -0.2) is 0 Å². The number of para-hydroxylation sites is 2. The lowest BCUT2D eigenvalue weighted by Crippen LogP contribution is -2.29. The lowest BCUT2D eigenvalue weighted by molar-refractivity contribution is 0.768. The third kappa shape index (κ3) is 5.77. The Kier molecular flexibility index (Phi) is 8.61. The monoisotopic (exact) mass is 900 g/mol. The van der Waals surface area contributed by atoms with Gasteiger partial charge in [-0.2, -0.15) is 0 Å². The Morgan fingerprint density at radius 3 is 1.00 bits per heavy atom. The molecule has 330 valence electrons. The fourth-order valence-corrected chi connectivity index (χ4v) is 12.6. The van der Waals surface area contributed by atoms with Crippen molar-refractivity contribution in [2.45, 2.75) is 5.41 Å². The van der Waals surface area contributed by atoms with Gasteiger partial charge in [0, 0.05) is 33.5 Å². The number of rotatable bonds is 8. The molecule has 0 aliphatic heterocycles. The summed E-state index contributed by atoms with van der Waals surface area (Å²) in [7, 11) is 0. The van der Waals surface area contributed by atoms with Gasteiger partial charge in [0.25, 0.3) is 0 Å². The molecule has 71 heavy (non-hydrogen) atoms. The zero-order valence-corrected chi connectivity index (χ0v) is 38.8. The van der Waals surface area contributed by atoms with E-state index >= 15 is 0 Å². The van der Waals surface area contributed by atoms with E-state index in [0.717, 1.165) is 34.1 Å². The minimum atomic E-state index is -0.678. The molecule has 0 N–H and O–H groups in total. The molecule has 0 amide bonds. The molecule has 0 unspecified atom stereocenters. The number of fused-ring (bicyclic) bond motifs is 3. The van der Waals surface area contributed by atoms with Gasteiger partial charge in [-0.3, -0.25) is 0 Å². The summed E-state index contributed by atoms with van der Waals surface area (Å²) < 4.78 is 0. The molecular weight excluding hydrogens is 857 g/mol. The molecule has 0 saturated heterocycles. The maximum absolute atomic E-state index is 2.50. The van der Waals surface area contributed by atoms with Gasteiger partial charge in [0.15, 0.2) is 0 Å². The van der Waals surface area contributed by atoms with Crippen molar-refractivity contribution >= 4 is 98.8 Å². The number of anilines is 6. The Morgan fingerprint density at radius 1 is 0.239 bits per heavy atom. The van der Waals surface area contributed by atoms with Gasteiger partial charge < -0.3 is 9.80 Å². The summed E-state index contributed by atoms with van der Waals surface area (Å²) >= 11 is 0. The third-order valence-electron chi connectivity index (χ3n) is 15.5. The largest absolute Gasteiger partial charge is 0.310 e. The molecule has 14 aromatic rings. The molecule has 0 radical (unpaired) electrons. The molecular formula is C69H44N2. The van der Waals surface area contributed by atoms with Crippen LogP contribution in [0.15, 0.2) is 267 Å². The minimum Gasteiger partial charge on any atom is -0.310 e. The van der Waals surface area contributed by atoms with Crippen molar-refractivity contribution in [3.05, 3.63) is 289 Å². The number of nitrogens with zero attached hydrogens (tertiary/aromatic N) is 2. The average molecular weight is 901 g/mol. The van der Waals surface area contributed by atoms with Crippen LogP contribution >= 0.6 is 0 Å². The van der Waals surface area contributed by atoms with Gasteiger partial charge in [0.2, 0.25) is 0 Å². The Bertz CT molecular complexity index is 4050. The second-order valence-corrected chi connectivity index (χ2v) is 19.2. The van der Waals surface area contributed by atoms with E-state index in [1.807, 2.05) is 0 Å². The van der Waals surface area contributed by atoms with Gasteiger partial charge in [-0.15, -0.1) is 0 Å². The van der Waals surface area contributed by atoms with E-state index in [4.69, 9.17) is 0 Å². The second-order valence-electron chi connectivity index (χ2n) is 19.2. The van der Waals surface area contributed by atoms with E-state index in [1.54, 1.807) is 0 Å². The van der Waals surface area contributed by atoms with Crippen molar-refractivity contribution in [2.75, 3.05) is 9.80 Å². The maximum Gasteiger partial charge on any atom is 0.0715 e. The summed E-state index contributed by atoms with van der Waals surface area (Å²) in [4.78, 5) is 4.98. The first-order valence-electron chi connectivity index (χ1n) is 24.7. The quantitative estimate of drug-likeness (QED) is 0.140. The molecule has 0 saturated carbocycles. The fraction of sp³-hybridized carbons (Fsp3) is 0.0145. The topological polar surface area (TPSA) is 6.48 Å². The molecule has 15 rings (SSSR count). The zero-order chi connectivity index (χ0) is 46.6. The lowest BCUT2D eigenvalue weighted by atomic mass is 9.67. The average Bonchev–Trinajstić information content (AvgIpc) is 3.73. The SMILES string of the molecule is c1ccc(N(c2ccc3c(c2)C(c2ccccc2)(c2ccccc2)c2cc(N(c4ccccc4)c4cc5cccc6ccc7cccc4c7c65)ccc2-3)c2cc3cccc4ccc5cccc2c5c43)cc1. The maximum atomic E-state index is 2.50. The number of benzene rings is 14. The van der Waals surface area contributed by atoms with Gasteiger partial charge in [-0.25, -0.2) is 0 Å². The number of hydrogen-bond donors (Lipinski definition) is 0. The van der Waals surface area contributed by atoms with Gasteiger partial charge in [0.05, 0.1) is 16.8 Å². The number of hydrogen-bond acceptors (Lipinski definition) is 2. The van der Waals surface area contributed by atoms with Gasteiger partial charge in [-0.1, -0.05) is 206 Å². The van der Waals surface area contributed by atoms with E-state index in [-0.39, 0.29) is 0 Å². The third-order valence-corrected chi connectivity index (χ3v) is 15.5. The molecule has 0 atom stereocenters. The first-order valence-corrected chi connectivity index (χ1v) is 24.7. The lowest BCUT2D eigenvalue weighted by Gasteiger charge is -2.36. The van der Waals surface area contributed by atoms with E-state index in [0.29, 0.717) is 0 Å². The molecule has 2 heteroatoms. The highest BCUT2D eigenvalue weighted by atomic mass is 15.2.